The summed E-state index contributed by atoms with van der Waals surface area (Å²) in [6.45, 7) is 0. The molecular formula is C7H3Cl2IO2. The van der Waals surface area contributed by atoms with Gasteiger partial charge in [0, 0.05) is 3.57 Å². The number of carboxylic acids is 1. The topological polar surface area (TPSA) is 37.3 Å². The van der Waals surface area contributed by atoms with Crippen molar-refractivity contribution in [2.24, 2.45) is 0 Å². The van der Waals surface area contributed by atoms with E-state index in [-0.39, 0.29) is 15.6 Å². The van der Waals surface area contributed by atoms with E-state index in [1.807, 2.05) is 22.6 Å². The molecule has 2 nitrogen and oxygen atoms in total. The first kappa shape index (κ1) is 10.1. The van der Waals surface area contributed by atoms with Crippen molar-refractivity contribution < 1.29 is 9.90 Å². The van der Waals surface area contributed by atoms with Crippen LogP contribution in [0.2, 0.25) is 10.0 Å². The summed E-state index contributed by atoms with van der Waals surface area (Å²) in [5.74, 6) is -1.07. The number of carbonyl (C=O) groups is 1. The first-order valence-corrected chi connectivity index (χ1v) is 4.74. The lowest BCUT2D eigenvalue weighted by Gasteiger charge is -2.01. The van der Waals surface area contributed by atoms with Crippen LogP contribution in [-0.2, 0) is 0 Å². The summed E-state index contributed by atoms with van der Waals surface area (Å²) >= 11 is 13.4. The minimum Gasteiger partial charge on any atom is -0.478 e. The molecule has 0 amide bonds. The van der Waals surface area contributed by atoms with Gasteiger partial charge in [-0.05, 0) is 34.7 Å². The van der Waals surface area contributed by atoms with Crippen molar-refractivity contribution in [3.8, 4) is 0 Å². The molecule has 0 aromatic heterocycles. The molecule has 1 rings (SSSR count). The molecule has 0 saturated carbocycles. The third-order valence-electron chi connectivity index (χ3n) is 1.27. The average molecular weight is 317 g/mol. The quantitative estimate of drug-likeness (QED) is 0.637. The fraction of sp³-hybridized carbons (Fsp3) is 0. The number of hydrogen-bond acceptors (Lipinski definition) is 1. The first-order valence-electron chi connectivity index (χ1n) is 2.91. The SMILES string of the molecule is O=C(O)c1ccc(I)c(Cl)c1Cl. The van der Waals surface area contributed by atoms with Crippen molar-refractivity contribution in [1.29, 1.82) is 0 Å². The Hall–Kier alpha value is -0.000000000000000111. The van der Waals surface area contributed by atoms with Crippen LogP contribution in [0.25, 0.3) is 0 Å². The Morgan fingerprint density at radius 1 is 1.33 bits per heavy atom. The molecule has 12 heavy (non-hydrogen) atoms. The molecule has 0 bridgehead atoms. The van der Waals surface area contributed by atoms with Gasteiger partial charge in [-0.1, -0.05) is 23.2 Å². The number of carboxylic acid groups (broad SMARTS) is 1. The van der Waals surface area contributed by atoms with Gasteiger partial charge in [-0.15, -0.1) is 0 Å². The van der Waals surface area contributed by atoms with Crippen molar-refractivity contribution in [2.75, 3.05) is 0 Å². The van der Waals surface area contributed by atoms with Gasteiger partial charge in [0.05, 0.1) is 15.6 Å². The van der Waals surface area contributed by atoms with Crippen LogP contribution >= 0.6 is 45.8 Å². The molecule has 0 unspecified atom stereocenters. The highest BCUT2D eigenvalue weighted by Crippen LogP contribution is 2.30. The number of hydrogen-bond donors (Lipinski definition) is 1. The molecule has 5 heteroatoms. The second-order valence-corrected chi connectivity index (χ2v) is 3.95. The van der Waals surface area contributed by atoms with Crippen LogP contribution in [0.15, 0.2) is 12.1 Å². The predicted octanol–water partition coefficient (Wildman–Crippen LogP) is 3.30. The maximum atomic E-state index is 10.5. The van der Waals surface area contributed by atoms with Gasteiger partial charge in [-0.3, -0.25) is 0 Å². The number of benzene rings is 1. The van der Waals surface area contributed by atoms with E-state index in [1.165, 1.54) is 6.07 Å². The zero-order chi connectivity index (χ0) is 9.30. The van der Waals surface area contributed by atoms with Crippen molar-refractivity contribution in [3.05, 3.63) is 31.3 Å². The van der Waals surface area contributed by atoms with Gasteiger partial charge in [0.25, 0.3) is 0 Å². The van der Waals surface area contributed by atoms with Crippen LogP contribution in [-0.4, -0.2) is 11.1 Å². The van der Waals surface area contributed by atoms with Crippen molar-refractivity contribution in [2.45, 2.75) is 0 Å². The highest BCUT2D eigenvalue weighted by Gasteiger charge is 2.12. The molecule has 0 heterocycles. The Bertz CT molecular complexity index is 338. The Kier molecular flexibility index (Phi) is 3.20. The van der Waals surface area contributed by atoms with Crippen molar-refractivity contribution in [1.82, 2.24) is 0 Å². The third-order valence-corrected chi connectivity index (χ3v) is 3.37. The van der Waals surface area contributed by atoms with Gasteiger partial charge in [-0.25, -0.2) is 4.79 Å². The summed E-state index contributed by atoms with van der Waals surface area (Å²) in [6, 6.07) is 3.04. The number of aromatic carboxylic acids is 1. The van der Waals surface area contributed by atoms with Crippen LogP contribution in [0.3, 0.4) is 0 Å². The monoisotopic (exact) mass is 316 g/mol. The summed E-state index contributed by atoms with van der Waals surface area (Å²) in [6.07, 6.45) is 0. The molecule has 1 N–H and O–H groups in total. The molecule has 0 saturated heterocycles. The minimum atomic E-state index is -1.07. The lowest BCUT2D eigenvalue weighted by Crippen LogP contribution is -1.97. The minimum absolute atomic E-state index is 0.0297. The Balaban J connectivity index is 3.36. The summed E-state index contributed by atoms with van der Waals surface area (Å²) in [5, 5.41) is 9.02. The lowest BCUT2D eigenvalue weighted by molar-refractivity contribution is 0.0697. The molecule has 0 atom stereocenters. The number of rotatable bonds is 1. The van der Waals surface area contributed by atoms with Gasteiger partial charge >= 0.3 is 5.97 Å². The van der Waals surface area contributed by atoms with E-state index < -0.39 is 5.97 Å². The highest BCUT2D eigenvalue weighted by atomic mass is 127. The molecule has 0 spiro atoms. The zero-order valence-electron chi connectivity index (χ0n) is 5.64. The highest BCUT2D eigenvalue weighted by molar-refractivity contribution is 14.1. The molecule has 0 fully saturated rings. The smallest absolute Gasteiger partial charge is 0.337 e. The van der Waals surface area contributed by atoms with E-state index in [2.05, 4.69) is 0 Å². The van der Waals surface area contributed by atoms with Crippen LogP contribution in [0.5, 0.6) is 0 Å². The molecule has 0 aliphatic heterocycles. The molecule has 1 aromatic carbocycles. The fourth-order valence-corrected chi connectivity index (χ4v) is 1.71. The lowest BCUT2D eigenvalue weighted by atomic mass is 10.2. The third kappa shape index (κ3) is 1.84. The van der Waals surface area contributed by atoms with Crippen LogP contribution in [0.1, 0.15) is 10.4 Å². The molecule has 0 radical (unpaired) electrons. The Morgan fingerprint density at radius 2 is 1.92 bits per heavy atom. The second kappa shape index (κ2) is 3.81. The summed E-state index contributed by atoms with van der Waals surface area (Å²) in [4.78, 5) is 10.5. The van der Waals surface area contributed by atoms with Crippen molar-refractivity contribution >= 4 is 51.8 Å². The Labute approximate surface area is 92.6 Å². The summed E-state index contributed by atoms with van der Waals surface area (Å²) < 4.78 is 0.740. The van der Waals surface area contributed by atoms with E-state index in [0.717, 1.165) is 3.57 Å². The van der Waals surface area contributed by atoms with Crippen molar-refractivity contribution in [3.63, 3.8) is 0 Å². The van der Waals surface area contributed by atoms with Crippen LogP contribution in [0.4, 0.5) is 0 Å². The van der Waals surface area contributed by atoms with Gasteiger partial charge in [0.2, 0.25) is 0 Å². The molecule has 0 aliphatic rings. The molecule has 64 valence electrons. The van der Waals surface area contributed by atoms with Gasteiger partial charge in [0.15, 0.2) is 0 Å². The number of halogens is 3. The van der Waals surface area contributed by atoms with E-state index in [4.69, 9.17) is 28.3 Å². The summed E-state index contributed by atoms with van der Waals surface area (Å²) in [7, 11) is 0. The average Bonchev–Trinajstić information content (AvgIpc) is 2.00. The maximum absolute atomic E-state index is 10.5. The predicted molar refractivity (Wildman–Crippen MR) is 56.1 cm³/mol. The standard InChI is InChI=1S/C7H3Cl2IO2/c8-5-3(7(11)12)1-2-4(10)6(5)9/h1-2H,(H,11,12). The van der Waals surface area contributed by atoms with E-state index in [0.29, 0.717) is 0 Å². The second-order valence-electron chi connectivity index (χ2n) is 2.03. The first-order chi connectivity index (χ1) is 5.54. The normalized spacial score (nSPS) is 9.92. The maximum Gasteiger partial charge on any atom is 0.337 e. The van der Waals surface area contributed by atoms with Gasteiger partial charge in [0.1, 0.15) is 0 Å². The van der Waals surface area contributed by atoms with E-state index >= 15 is 0 Å². The zero-order valence-corrected chi connectivity index (χ0v) is 9.31. The largest absolute Gasteiger partial charge is 0.478 e. The molecule has 1 aromatic rings. The van der Waals surface area contributed by atoms with Gasteiger partial charge < -0.3 is 5.11 Å². The van der Waals surface area contributed by atoms with Crippen LogP contribution < -0.4 is 0 Å². The van der Waals surface area contributed by atoms with Crippen LogP contribution in [0, 0.1) is 3.57 Å². The molecule has 0 aliphatic carbocycles. The van der Waals surface area contributed by atoms with E-state index in [1.54, 1.807) is 6.07 Å². The molecular weight excluding hydrogens is 314 g/mol. The van der Waals surface area contributed by atoms with E-state index in [9.17, 15) is 4.79 Å². The fourth-order valence-electron chi connectivity index (χ4n) is 0.691. The van der Waals surface area contributed by atoms with Gasteiger partial charge in [-0.2, -0.15) is 0 Å². The summed E-state index contributed by atoms with van der Waals surface area (Å²) in [5.41, 5.74) is 0.0297. The Morgan fingerprint density at radius 3 is 2.42 bits per heavy atom.